The molecule has 0 unspecified atom stereocenters. The van der Waals surface area contributed by atoms with Gasteiger partial charge >= 0.3 is 5.97 Å². The van der Waals surface area contributed by atoms with Gasteiger partial charge in [0.1, 0.15) is 0 Å². The maximum absolute atomic E-state index is 12.3. The van der Waals surface area contributed by atoms with E-state index in [0.717, 1.165) is 22.2 Å². The average molecular weight is 259 g/mol. The maximum atomic E-state index is 12.3. The van der Waals surface area contributed by atoms with Crippen molar-refractivity contribution in [2.24, 2.45) is 5.92 Å². The Kier molecular flexibility index (Phi) is 3.42. The number of para-hydroxylation sites is 1. The predicted molar refractivity (Wildman–Crippen MR) is 73.5 cm³/mol. The van der Waals surface area contributed by atoms with Crippen molar-refractivity contribution in [2.75, 3.05) is 0 Å². The summed E-state index contributed by atoms with van der Waals surface area (Å²) in [5, 5.41) is 9.86. The first-order chi connectivity index (χ1) is 8.93. The van der Waals surface area contributed by atoms with Crippen molar-refractivity contribution in [2.45, 2.75) is 27.2 Å². The monoisotopic (exact) mass is 259 g/mol. The number of rotatable bonds is 3. The van der Waals surface area contributed by atoms with Gasteiger partial charge in [-0.25, -0.2) is 0 Å². The molecule has 1 aromatic heterocycles. The summed E-state index contributed by atoms with van der Waals surface area (Å²) in [7, 11) is 0. The van der Waals surface area contributed by atoms with Crippen LogP contribution in [0, 0.1) is 12.8 Å². The molecular formula is C15H17NO3. The largest absolute Gasteiger partial charge is 0.481 e. The van der Waals surface area contributed by atoms with Crippen molar-refractivity contribution < 1.29 is 14.7 Å². The molecule has 0 aliphatic carbocycles. The van der Waals surface area contributed by atoms with Gasteiger partial charge in [-0.05, 0) is 18.6 Å². The lowest BCUT2D eigenvalue weighted by Crippen LogP contribution is -2.18. The van der Waals surface area contributed by atoms with E-state index in [4.69, 9.17) is 5.11 Å². The Bertz CT molecular complexity index is 653. The molecule has 0 amide bonds. The molecule has 4 nitrogen and oxygen atoms in total. The number of benzene rings is 1. The molecule has 100 valence electrons. The number of fused-ring (bicyclic) bond motifs is 1. The number of hydrogen-bond donors (Lipinski definition) is 1. The van der Waals surface area contributed by atoms with E-state index in [-0.39, 0.29) is 18.2 Å². The van der Waals surface area contributed by atoms with Gasteiger partial charge in [-0.1, -0.05) is 32.0 Å². The van der Waals surface area contributed by atoms with Gasteiger partial charge in [0, 0.05) is 17.0 Å². The third-order valence-electron chi connectivity index (χ3n) is 3.28. The second-order valence-electron chi connectivity index (χ2n) is 4.98. The van der Waals surface area contributed by atoms with Gasteiger partial charge in [0.05, 0.1) is 11.9 Å². The molecular weight excluding hydrogens is 242 g/mol. The fourth-order valence-corrected chi connectivity index (χ4v) is 2.35. The lowest BCUT2D eigenvalue weighted by molar-refractivity contribution is -0.136. The second-order valence-corrected chi connectivity index (χ2v) is 4.98. The van der Waals surface area contributed by atoms with Crippen LogP contribution in [0.2, 0.25) is 0 Å². The Labute approximate surface area is 111 Å². The summed E-state index contributed by atoms with van der Waals surface area (Å²) in [6.45, 7) is 5.49. The number of carbonyl (C=O) groups is 2. The highest BCUT2D eigenvalue weighted by atomic mass is 16.4. The van der Waals surface area contributed by atoms with Gasteiger partial charge in [0.25, 0.3) is 0 Å². The zero-order valence-corrected chi connectivity index (χ0v) is 11.3. The SMILES string of the molecule is Cc1c(CC(=O)O)c2ccccc2n1C(=O)C(C)C. The number of hydrogen-bond acceptors (Lipinski definition) is 2. The molecule has 0 aliphatic heterocycles. The van der Waals surface area contributed by atoms with E-state index < -0.39 is 5.97 Å². The normalized spacial score (nSPS) is 11.2. The topological polar surface area (TPSA) is 59.3 Å². The fraction of sp³-hybridized carbons (Fsp3) is 0.333. The summed E-state index contributed by atoms with van der Waals surface area (Å²) < 4.78 is 1.64. The van der Waals surface area contributed by atoms with Crippen LogP contribution in [0.1, 0.15) is 29.9 Å². The number of aromatic nitrogens is 1. The van der Waals surface area contributed by atoms with Gasteiger partial charge in [0.15, 0.2) is 0 Å². The van der Waals surface area contributed by atoms with Gasteiger partial charge < -0.3 is 5.11 Å². The van der Waals surface area contributed by atoms with Gasteiger partial charge in [-0.15, -0.1) is 0 Å². The minimum Gasteiger partial charge on any atom is -0.481 e. The Morgan fingerprint density at radius 3 is 2.47 bits per heavy atom. The van der Waals surface area contributed by atoms with Gasteiger partial charge in [-0.3, -0.25) is 14.2 Å². The molecule has 2 aromatic rings. The van der Waals surface area contributed by atoms with Crippen LogP contribution in [0.5, 0.6) is 0 Å². The Morgan fingerprint density at radius 1 is 1.26 bits per heavy atom. The molecule has 0 radical (unpaired) electrons. The molecule has 1 aromatic carbocycles. The van der Waals surface area contributed by atoms with Crippen LogP contribution >= 0.6 is 0 Å². The van der Waals surface area contributed by atoms with Crippen molar-refractivity contribution >= 4 is 22.8 Å². The summed E-state index contributed by atoms with van der Waals surface area (Å²) in [6, 6.07) is 7.44. The third kappa shape index (κ3) is 2.26. The predicted octanol–water partition coefficient (Wildman–Crippen LogP) is 2.87. The van der Waals surface area contributed by atoms with E-state index in [1.165, 1.54) is 0 Å². The van der Waals surface area contributed by atoms with E-state index in [1.807, 2.05) is 38.1 Å². The van der Waals surface area contributed by atoms with Crippen LogP contribution in [-0.4, -0.2) is 21.6 Å². The van der Waals surface area contributed by atoms with Crippen molar-refractivity contribution in [1.82, 2.24) is 4.57 Å². The van der Waals surface area contributed by atoms with Crippen molar-refractivity contribution in [3.63, 3.8) is 0 Å². The maximum Gasteiger partial charge on any atom is 0.307 e. The number of nitrogens with zero attached hydrogens (tertiary/aromatic N) is 1. The molecule has 1 N–H and O–H groups in total. The first kappa shape index (κ1) is 13.3. The van der Waals surface area contributed by atoms with E-state index in [0.29, 0.717) is 0 Å². The molecule has 0 aliphatic rings. The number of carbonyl (C=O) groups excluding carboxylic acids is 1. The molecule has 2 rings (SSSR count). The number of carboxylic acids is 1. The van der Waals surface area contributed by atoms with Crippen LogP contribution in [0.15, 0.2) is 24.3 Å². The van der Waals surface area contributed by atoms with Crippen LogP contribution in [0.3, 0.4) is 0 Å². The van der Waals surface area contributed by atoms with Gasteiger partial charge in [0.2, 0.25) is 5.91 Å². The zero-order chi connectivity index (χ0) is 14.2. The molecule has 0 atom stereocenters. The summed E-state index contributed by atoms with van der Waals surface area (Å²) in [5.74, 6) is -1.03. The molecule has 0 saturated heterocycles. The fourth-order valence-electron chi connectivity index (χ4n) is 2.35. The van der Waals surface area contributed by atoms with Crippen LogP contribution in [0.25, 0.3) is 10.9 Å². The third-order valence-corrected chi connectivity index (χ3v) is 3.28. The zero-order valence-electron chi connectivity index (χ0n) is 11.3. The minimum atomic E-state index is -0.886. The molecule has 0 bridgehead atoms. The summed E-state index contributed by atoms with van der Waals surface area (Å²) in [5.41, 5.74) is 2.23. The van der Waals surface area contributed by atoms with Crippen molar-refractivity contribution in [3.05, 3.63) is 35.5 Å². The second kappa shape index (κ2) is 4.88. The highest BCUT2D eigenvalue weighted by Crippen LogP contribution is 2.27. The Balaban J connectivity index is 2.74. The summed E-state index contributed by atoms with van der Waals surface area (Å²) in [4.78, 5) is 23.3. The van der Waals surface area contributed by atoms with Crippen molar-refractivity contribution in [3.8, 4) is 0 Å². The first-order valence-corrected chi connectivity index (χ1v) is 6.28. The van der Waals surface area contributed by atoms with Crippen LogP contribution < -0.4 is 0 Å². The van der Waals surface area contributed by atoms with Crippen molar-refractivity contribution in [1.29, 1.82) is 0 Å². The molecule has 0 fully saturated rings. The number of carboxylic acid groups (broad SMARTS) is 1. The minimum absolute atomic E-state index is 0.00895. The summed E-state index contributed by atoms with van der Waals surface area (Å²) in [6.07, 6.45) is -0.0648. The molecule has 19 heavy (non-hydrogen) atoms. The molecule has 0 saturated carbocycles. The quantitative estimate of drug-likeness (QED) is 0.922. The standard InChI is InChI=1S/C15H17NO3/c1-9(2)15(19)16-10(3)12(8-14(17)18)11-6-4-5-7-13(11)16/h4-7,9H,8H2,1-3H3,(H,17,18). The highest BCUT2D eigenvalue weighted by molar-refractivity contribution is 5.98. The smallest absolute Gasteiger partial charge is 0.307 e. The first-order valence-electron chi connectivity index (χ1n) is 6.28. The molecule has 1 heterocycles. The number of aliphatic carboxylic acids is 1. The lowest BCUT2D eigenvalue weighted by atomic mass is 10.1. The lowest BCUT2D eigenvalue weighted by Gasteiger charge is -2.09. The van der Waals surface area contributed by atoms with E-state index in [9.17, 15) is 9.59 Å². The Hall–Kier alpha value is -2.10. The highest BCUT2D eigenvalue weighted by Gasteiger charge is 2.21. The van der Waals surface area contributed by atoms with Crippen LogP contribution in [0.4, 0.5) is 0 Å². The Morgan fingerprint density at radius 2 is 1.89 bits per heavy atom. The van der Waals surface area contributed by atoms with E-state index >= 15 is 0 Å². The molecule has 4 heteroatoms. The van der Waals surface area contributed by atoms with Gasteiger partial charge in [-0.2, -0.15) is 0 Å². The summed E-state index contributed by atoms with van der Waals surface area (Å²) >= 11 is 0. The molecule has 0 spiro atoms. The average Bonchev–Trinajstić information content (AvgIpc) is 2.61. The van der Waals surface area contributed by atoms with Crippen LogP contribution in [-0.2, 0) is 11.2 Å². The van der Waals surface area contributed by atoms with E-state index in [1.54, 1.807) is 11.5 Å². The van der Waals surface area contributed by atoms with E-state index in [2.05, 4.69) is 0 Å².